The lowest BCUT2D eigenvalue weighted by Gasteiger charge is -2.02. The molecule has 1 N–H and O–H groups in total. The molecule has 1 unspecified atom stereocenters. The monoisotopic (exact) mass is 337 g/mol. The van der Waals surface area contributed by atoms with Crippen molar-refractivity contribution in [2.45, 2.75) is 10.8 Å². The van der Waals surface area contributed by atoms with Gasteiger partial charge in [0.1, 0.15) is 10.2 Å². The predicted octanol–water partition coefficient (Wildman–Crippen LogP) is 2.44. The molecular weight excluding hydrogens is 328 g/mol. The number of nitrogens with one attached hydrogen (secondary N) is 1. The first kappa shape index (κ1) is 15.3. The Kier molecular flexibility index (Phi) is 4.09. The highest BCUT2D eigenvalue weighted by atomic mass is 35.5. The molecule has 1 atom stereocenters. The van der Waals surface area contributed by atoms with Gasteiger partial charge >= 0.3 is 0 Å². The van der Waals surface area contributed by atoms with Crippen LogP contribution >= 0.6 is 23.2 Å². The number of hydrogen-bond acceptors (Lipinski definition) is 3. The van der Waals surface area contributed by atoms with Gasteiger partial charge in [0.2, 0.25) is 5.91 Å². The molecule has 2 rings (SSSR count). The van der Waals surface area contributed by atoms with Crippen molar-refractivity contribution in [1.82, 2.24) is 4.72 Å². The molecule has 0 saturated heterocycles. The van der Waals surface area contributed by atoms with E-state index in [2.05, 4.69) is 0 Å². The van der Waals surface area contributed by atoms with Crippen molar-refractivity contribution in [2.24, 2.45) is 5.92 Å². The lowest BCUT2D eigenvalue weighted by atomic mass is 10.2. The lowest BCUT2D eigenvalue weighted by Crippen LogP contribution is -2.31. The number of benzene rings is 1. The largest absolute Gasteiger partial charge is 0.274 e. The Labute approximate surface area is 125 Å². The van der Waals surface area contributed by atoms with E-state index in [1.54, 1.807) is 0 Å². The van der Waals surface area contributed by atoms with Crippen molar-refractivity contribution in [3.05, 3.63) is 41.1 Å². The molecular formula is C12H10Cl2FNO3S. The average Bonchev–Trinajstić information content (AvgIpc) is 2.98. The zero-order valence-electron chi connectivity index (χ0n) is 10.0. The highest BCUT2D eigenvalue weighted by Crippen LogP contribution is 2.53. The van der Waals surface area contributed by atoms with Crippen molar-refractivity contribution in [1.29, 1.82) is 0 Å². The Morgan fingerprint density at radius 2 is 1.90 bits per heavy atom. The molecule has 0 radical (unpaired) electrons. The summed E-state index contributed by atoms with van der Waals surface area (Å²) in [5.74, 6) is -1.88. The number of alkyl halides is 2. The van der Waals surface area contributed by atoms with Crippen molar-refractivity contribution in [2.75, 3.05) is 0 Å². The number of amides is 1. The molecule has 1 aliphatic carbocycles. The van der Waals surface area contributed by atoms with Crippen LogP contribution in [0, 0.1) is 11.7 Å². The predicted molar refractivity (Wildman–Crippen MR) is 75.0 cm³/mol. The van der Waals surface area contributed by atoms with Gasteiger partial charge in [0.25, 0.3) is 10.0 Å². The lowest BCUT2D eigenvalue weighted by molar-refractivity contribution is -0.120. The minimum atomic E-state index is -3.94. The third kappa shape index (κ3) is 3.94. The highest BCUT2D eigenvalue weighted by molar-refractivity contribution is 7.93. The summed E-state index contributed by atoms with van der Waals surface area (Å²) < 4.78 is 36.6. The van der Waals surface area contributed by atoms with Crippen LogP contribution in [0.2, 0.25) is 0 Å². The summed E-state index contributed by atoms with van der Waals surface area (Å²) in [5.41, 5.74) is 0.486. The zero-order chi connectivity index (χ0) is 15.0. The van der Waals surface area contributed by atoms with Crippen molar-refractivity contribution < 1.29 is 17.6 Å². The Bertz CT molecular complexity index is 656. The molecule has 1 aromatic carbocycles. The standard InChI is InChI=1S/C12H10Cl2FNO3S/c13-12(14)7-10(12)11(17)16-20(18,19)6-5-8-1-3-9(15)4-2-8/h1-6,10H,7H2,(H,16,17). The van der Waals surface area contributed by atoms with Crippen molar-refractivity contribution >= 4 is 45.2 Å². The molecule has 0 bridgehead atoms. The number of carbonyl (C=O) groups is 1. The number of sulfonamides is 1. The summed E-state index contributed by atoms with van der Waals surface area (Å²) in [6.07, 6.45) is 1.47. The zero-order valence-corrected chi connectivity index (χ0v) is 12.3. The van der Waals surface area contributed by atoms with E-state index in [9.17, 15) is 17.6 Å². The average molecular weight is 338 g/mol. The van der Waals surface area contributed by atoms with Gasteiger partial charge < -0.3 is 0 Å². The van der Waals surface area contributed by atoms with Crippen LogP contribution in [0.4, 0.5) is 4.39 Å². The van der Waals surface area contributed by atoms with Crippen LogP contribution < -0.4 is 4.72 Å². The van der Waals surface area contributed by atoms with Gasteiger partial charge in [-0.2, -0.15) is 0 Å². The van der Waals surface area contributed by atoms with E-state index in [0.29, 0.717) is 5.56 Å². The molecule has 8 heteroatoms. The Morgan fingerprint density at radius 1 is 1.35 bits per heavy atom. The summed E-state index contributed by atoms with van der Waals surface area (Å²) in [6, 6.07) is 5.22. The number of hydrogen-bond donors (Lipinski definition) is 1. The Hall–Kier alpha value is -1.11. The first-order valence-electron chi connectivity index (χ1n) is 5.58. The summed E-state index contributed by atoms with van der Waals surface area (Å²) in [4.78, 5) is 11.5. The fourth-order valence-electron chi connectivity index (χ4n) is 1.49. The SMILES string of the molecule is O=C(NS(=O)(=O)C=Cc1ccc(F)cc1)C1CC1(Cl)Cl. The molecule has 20 heavy (non-hydrogen) atoms. The second-order valence-electron chi connectivity index (χ2n) is 4.38. The normalized spacial score (nSPS) is 20.9. The number of carbonyl (C=O) groups excluding carboxylic acids is 1. The van der Waals surface area contributed by atoms with E-state index >= 15 is 0 Å². The van der Waals surface area contributed by atoms with Crippen molar-refractivity contribution in [3.8, 4) is 0 Å². The van der Waals surface area contributed by atoms with E-state index in [0.717, 1.165) is 5.41 Å². The maximum atomic E-state index is 12.7. The van der Waals surface area contributed by atoms with E-state index in [-0.39, 0.29) is 6.42 Å². The summed E-state index contributed by atoms with van der Waals surface area (Å²) in [7, 11) is -3.94. The summed E-state index contributed by atoms with van der Waals surface area (Å²) >= 11 is 11.3. The van der Waals surface area contributed by atoms with Gasteiger partial charge in [0.05, 0.1) is 11.3 Å². The van der Waals surface area contributed by atoms with Gasteiger partial charge in [0.15, 0.2) is 0 Å². The van der Waals surface area contributed by atoms with Gasteiger partial charge in [-0.05, 0) is 30.2 Å². The van der Waals surface area contributed by atoms with E-state index in [1.165, 1.54) is 30.3 Å². The van der Waals surface area contributed by atoms with Crippen LogP contribution in [-0.4, -0.2) is 18.7 Å². The Balaban J connectivity index is 2.01. The van der Waals surface area contributed by atoms with Gasteiger partial charge in [-0.25, -0.2) is 17.5 Å². The van der Waals surface area contributed by atoms with E-state index in [4.69, 9.17) is 23.2 Å². The van der Waals surface area contributed by atoms with Crippen LogP contribution in [0.5, 0.6) is 0 Å². The van der Waals surface area contributed by atoms with Gasteiger partial charge in [-0.15, -0.1) is 23.2 Å². The quantitative estimate of drug-likeness (QED) is 0.858. The Morgan fingerprint density at radius 3 is 2.40 bits per heavy atom. The second kappa shape index (κ2) is 5.35. The summed E-state index contributed by atoms with van der Waals surface area (Å²) in [5, 5.41) is 0.824. The molecule has 1 aromatic rings. The molecule has 1 aliphatic rings. The van der Waals surface area contributed by atoms with Crippen LogP contribution in [0.25, 0.3) is 6.08 Å². The van der Waals surface area contributed by atoms with Crippen LogP contribution in [-0.2, 0) is 14.8 Å². The molecule has 1 saturated carbocycles. The van der Waals surface area contributed by atoms with Crippen molar-refractivity contribution in [3.63, 3.8) is 0 Å². The molecule has 0 heterocycles. The summed E-state index contributed by atoms with van der Waals surface area (Å²) in [6.45, 7) is 0. The molecule has 1 amide bonds. The third-order valence-electron chi connectivity index (χ3n) is 2.69. The van der Waals surface area contributed by atoms with Gasteiger partial charge in [-0.1, -0.05) is 12.1 Å². The minimum absolute atomic E-state index is 0.221. The molecule has 0 aromatic heterocycles. The second-order valence-corrected chi connectivity index (χ2v) is 7.49. The van der Waals surface area contributed by atoms with Crippen LogP contribution in [0.3, 0.4) is 0 Å². The fraction of sp³-hybridized carbons (Fsp3) is 0.250. The van der Waals surface area contributed by atoms with Crippen LogP contribution in [0.1, 0.15) is 12.0 Å². The number of rotatable bonds is 4. The smallest absolute Gasteiger partial charge is 0.257 e. The third-order valence-corrected chi connectivity index (χ3v) is 4.51. The number of halogens is 3. The fourth-order valence-corrected chi connectivity index (χ4v) is 2.82. The minimum Gasteiger partial charge on any atom is -0.274 e. The topological polar surface area (TPSA) is 63.2 Å². The maximum absolute atomic E-state index is 12.7. The van der Waals surface area contributed by atoms with E-state index in [1.807, 2.05) is 4.72 Å². The van der Waals surface area contributed by atoms with Gasteiger partial charge in [-0.3, -0.25) is 4.79 Å². The first-order valence-corrected chi connectivity index (χ1v) is 7.88. The maximum Gasteiger partial charge on any atom is 0.257 e. The molecule has 1 fully saturated rings. The highest BCUT2D eigenvalue weighted by Gasteiger charge is 2.56. The van der Waals surface area contributed by atoms with E-state index < -0.39 is 32.0 Å². The van der Waals surface area contributed by atoms with Gasteiger partial charge in [0, 0.05) is 0 Å². The first-order chi connectivity index (χ1) is 9.20. The van der Waals surface area contributed by atoms with Crippen LogP contribution in [0.15, 0.2) is 29.7 Å². The molecule has 0 aliphatic heterocycles. The molecule has 0 spiro atoms. The molecule has 4 nitrogen and oxygen atoms in total. The molecule has 108 valence electrons.